The standard InChI is InChI=1S/C21H27NO5S/c1-5-26-16(23)14-12-8-6-7-9-13(12)28-15(14)22-17(24)21-11-10-20(4,18(25)27-21)19(21,2)3/h5-11H2,1-4H3,(H,22,24)/t20-,21+/m0/s1. The minimum Gasteiger partial charge on any atom is -0.462 e. The van der Waals surface area contributed by atoms with Gasteiger partial charge in [0.25, 0.3) is 5.91 Å². The van der Waals surface area contributed by atoms with E-state index in [4.69, 9.17) is 9.47 Å². The van der Waals surface area contributed by atoms with Gasteiger partial charge in [-0.2, -0.15) is 0 Å². The molecular weight excluding hydrogens is 378 g/mol. The van der Waals surface area contributed by atoms with Gasteiger partial charge >= 0.3 is 11.9 Å². The van der Waals surface area contributed by atoms with E-state index in [0.29, 0.717) is 23.4 Å². The van der Waals surface area contributed by atoms with Gasteiger partial charge in [0, 0.05) is 10.3 Å². The van der Waals surface area contributed by atoms with Crippen molar-refractivity contribution < 1.29 is 23.9 Å². The van der Waals surface area contributed by atoms with Crippen molar-refractivity contribution in [2.75, 3.05) is 11.9 Å². The third-order valence-electron chi connectivity index (χ3n) is 7.33. The van der Waals surface area contributed by atoms with Gasteiger partial charge in [-0.25, -0.2) is 4.79 Å². The number of nitrogens with one attached hydrogen (secondary N) is 1. The number of hydrogen-bond acceptors (Lipinski definition) is 6. The average molecular weight is 406 g/mol. The number of carbonyl (C=O) groups excluding carboxylic acids is 3. The summed E-state index contributed by atoms with van der Waals surface area (Å²) in [6.45, 7) is 7.79. The minimum absolute atomic E-state index is 0.282. The van der Waals surface area contributed by atoms with E-state index in [0.717, 1.165) is 36.1 Å². The molecule has 1 amide bonds. The van der Waals surface area contributed by atoms with Crippen LogP contribution in [0.15, 0.2) is 0 Å². The number of amides is 1. The van der Waals surface area contributed by atoms with Crippen LogP contribution in [0.25, 0.3) is 0 Å². The van der Waals surface area contributed by atoms with Crippen LogP contribution in [0.4, 0.5) is 5.00 Å². The summed E-state index contributed by atoms with van der Waals surface area (Å²) in [6, 6.07) is 0. The van der Waals surface area contributed by atoms with E-state index in [1.807, 2.05) is 20.8 Å². The first kappa shape index (κ1) is 19.4. The van der Waals surface area contributed by atoms with Crippen LogP contribution >= 0.6 is 11.3 Å². The molecular formula is C21H27NO5S. The lowest BCUT2D eigenvalue weighted by Crippen LogP contribution is -2.50. The molecule has 1 saturated heterocycles. The molecule has 2 atom stereocenters. The summed E-state index contributed by atoms with van der Waals surface area (Å²) < 4.78 is 11.0. The summed E-state index contributed by atoms with van der Waals surface area (Å²) in [4.78, 5) is 39.7. The summed E-state index contributed by atoms with van der Waals surface area (Å²) in [7, 11) is 0. The number of aryl methyl sites for hydroxylation is 1. The van der Waals surface area contributed by atoms with Crippen molar-refractivity contribution >= 4 is 34.2 Å². The summed E-state index contributed by atoms with van der Waals surface area (Å²) in [5.41, 5.74) is -1.00. The molecule has 1 N–H and O–H groups in total. The predicted molar refractivity (Wildman–Crippen MR) is 105 cm³/mol. The van der Waals surface area contributed by atoms with Gasteiger partial charge < -0.3 is 14.8 Å². The first-order valence-electron chi connectivity index (χ1n) is 10.0. The van der Waals surface area contributed by atoms with E-state index in [9.17, 15) is 14.4 Å². The predicted octanol–water partition coefficient (Wildman–Crippen LogP) is 3.86. The highest BCUT2D eigenvalue weighted by atomic mass is 32.1. The Kier molecular flexibility index (Phi) is 4.38. The molecule has 152 valence electrons. The number of rotatable bonds is 4. The zero-order valence-electron chi connectivity index (χ0n) is 16.9. The normalized spacial score (nSPS) is 29.9. The molecule has 7 heteroatoms. The second kappa shape index (κ2) is 6.31. The maximum absolute atomic E-state index is 13.4. The Bertz CT molecular complexity index is 872. The highest BCUT2D eigenvalue weighted by molar-refractivity contribution is 7.17. The van der Waals surface area contributed by atoms with Crippen LogP contribution in [-0.4, -0.2) is 30.1 Å². The van der Waals surface area contributed by atoms with Crippen molar-refractivity contribution in [3.05, 3.63) is 16.0 Å². The van der Waals surface area contributed by atoms with Crippen LogP contribution in [0.1, 0.15) is 74.2 Å². The van der Waals surface area contributed by atoms with E-state index < -0.39 is 22.4 Å². The lowest BCUT2D eigenvalue weighted by atomic mass is 9.66. The van der Waals surface area contributed by atoms with Crippen molar-refractivity contribution in [2.45, 2.75) is 71.8 Å². The number of carbonyl (C=O) groups is 3. The first-order chi connectivity index (χ1) is 13.2. The SMILES string of the molecule is CCOC(=O)c1c(NC(=O)[C@@]23CC[C@@](C)(C(=O)O2)C3(C)C)sc2c1CCCC2. The van der Waals surface area contributed by atoms with Gasteiger partial charge in [-0.3, -0.25) is 9.59 Å². The highest BCUT2D eigenvalue weighted by Crippen LogP contribution is 2.65. The molecule has 2 aliphatic carbocycles. The van der Waals surface area contributed by atoms with Crippen LogP contribution < -0.4 is 5.32 Å². The van der Waals surface area contributed by atoms with Gasteiger partial charge in [-0.05, 0) is 57.9 Å². The summed E-state index contributed by atoms with van der Waals surface area (Å²) in [5.74, 6) is -1.04. The monoisotopic (exact) mass is 405 g/mol. The molecule has 3 aliphatic rings. The van der Waals surface area contributed by atoms with E-state index in [1.54, 1.807) is 6.92 Å². The van der Waals surface area contributed by atoms with Crippen LogP contribution in [0.3, 0.4) is 0 Å². The van der Waals surface area contributed by atoms with Crippen LogP contribution in [0.2, 0.25) is 0 Å². The maximum atomic E-state index is 13.4. The molecule has 4 rings (SSSR count). The average Bonchev–Trinajstić information content (AvgIpc) is 3.15. The van der Waals surface area contributed by atoms with Crippen molar-refractivity contribution in [1.82, 2.24) is 0 Å². The third kappa shape index (κ3) is 2.34. The van der Waals surface area contributed by atoms with E-state index in [1.165, 1.54) is 11.3 Å². The lowest BCUT2D eigenvalue weighted by Gasteiger charge is -2.35. The molecule has 28 heavy (non-hydrogen) atoms. The second-order valence-corrected chi connectivity index (χ2v) is 9.87. The fourth-order valence-corrected chi connectivity index (χ4v) is 6.30. The smallest absolute Gasteiger partial charge is 0.341 e. The van der Waals surface area contributed by atoms with Gasteiger partial charge in [0.05, 0.1) is 17.6 Å². The molecule has 1 aromatic heterocycles. The molecule has 1 aromatic rings. The number of thiophene rings is 1. The maximum Gasteiger partial charge on any atom is 0.341 e. The third-order valence-corrected chi connectivity index (χ3v) is 8.54. The van der Waals surface area contributed by atoms with Gasteiger partial charge in [-0.1, -0.05) is 13.8 Å². The van der Waals surface area contributed by atoms with Crippen molar-refractivity contribution in [2.24, 2.45) is 10.8 Å². The zero-order chi connectivity index (χ0) is 20.3. The van der Waals surface area contributed by atoms with Crippen LogP contribution in [-0.2, 0) is 31.9 Å². The molecule has 0 radical (unpaired) electrons. The molecule has 2 bridgehead atoms. The molecule has 0 unspecified atom stereocenters. The van der Waals surface area contributed by atoms with Crippen molar-refractivity contribution in [3.63, 3.8) is 0 Å². The molecule has 1 aliphatic heterocycles. The number of anilines is 1. The second-order valence-electron chi connectivity index (χ2n) is 8.76. The molecule has 2 heterocycles. The Morgan fingerprint density at radius 2 is 1.89 bits per heavy atom. The molecule has 0 spiro atoms. The minimum atomic E-state index is -1.20. The Labute approximate surface area is 169 Å². The lowest BCUT2D eigenvalue weighted by molar-refractivity contribution is -0.165. The summed E-state index contributed by atoms with van der Waals surface area (Å²) in [6.07, 6.45) is 4.95. The quantitative estimate of drug-likeness (QED) is 0.769. The first-order valence-corrected chi connectivity index (χ1v) is 10.9. The van der Waals surface area contributed by atoms with Crippen LogP contribution in [0, 0.1) is 10.8 Å². The number of ether oxygens (including phenoxy) is 2. The molecule has 0 aromatic carbocycles. The fourth-order valence-electron chi connectivity index (χ4n) is 5.02. The molecule has 6 nitrogen and oxygen atoms in total. The summed E-state index contributed by atoms with van der Waals surface area (Å²) >= 11 is 1.45. The number of hydrogen-bond donors (Lipinski definition) is 1. The van der Waals surface area contributed by atoms with E-state index in [2.05, 4.69) is 5.32 Å². The van der Waals surface area contributed by atoms with E-state index in [-0.39, 0.29) is 18.5 Å². The largest absolute Gasteiger partial charge is 0.462 e. The topological polar surface area (TPSA) is 81.7 Å². The highest BCUT2D eigenvalue weighted by Gasteiger charge is 2.75. The molecule has 2 fully saturated rings. The van der Waals surface area contributed by atoms with Crippen molar-refractivity contribution in [1.29, 1.82) is 0 Å². The fraction of sp³-hybridized carbons (Fsp3) is 0.667. The van der Waals surface area contributed by atoms with Gasteiger partial charge in [0.2, 0.25) is 0 Å². The Morgan fingerprint density at radius 1 is 1.18 bits per heavy atom. The van der Waals surface area contributed by atoms with Crippen LogP contribution in [0.5, 0.6) is 0 Å². The number of fused-ring (bicyclic) bond motifs is 3. The van der Waals surface area contributed by atoms with Crippen molar-refractivity contribution in [3.8, 4) is 0 Å². The van der Waals surface area contributed by atoms with Gasteiger partial charge in [-0.15, -0.1) is 11.3 Å². The number of esters is 2. The Balaban J connectivity index is 1.70. The zero-order valence-corrected chi connectivity index (χ0v) is 17.7. The molecule has 1 saturated carbocycles. The van der Waals surface area contributed by atoms with Gasteiger partial charge in [0.15, 0.2) is 5.60 Å². The summed E-state index contributed by atoms with van der Waals surface area (Å²) in [5, 5.41) is 3.49. The van der Waals surface area contributed by atoms with E-state index >= 15 is 0 Å². The van der Waals surface area contributed by atoms with Gasteiger partial charge in [0.1, 0.15) is 5.00 Å². The Hall–Kier alpha value is -1.89. The Morgan fingerprint density at radius 3 is 2.50 bits per heavy atom.